The van der Waals surface area contributed by atoms with E-state index in [9.17, 15) is 4.79 Å². The molecule has 3 nitrogen and oxygen atoms in total. The van der Waals surface area contributed by atoms with E-state index in [1.54, 1.807) is 6.92 Å². The number of nitrogens with one attached hydrogen (secondary N) is 2. The zero-order chi connectivity index (χ0) is 9.40. The van der Waals surface area contributed by atoms with Gasteiger partial charge < -0.3 is 10.6 Å². The third-order valence-electron chi connectivity index (χ3n) is 1.82. The van der Waals surface area contributed by atoms with Crippen LogP contribution in [0.5, 0.6) is 0 Å². The Morgan fingerprint density at radius 2 is 2.17 bits per heavy atom. The van der Waals surface area contributed by atoms with E-state index in [-0.39, 0.29) is 5.91 Å². The van der Waals surface area contributed by atoms with Crippen LogP contribution in [0.3, 0.4) is 0 Å². The Kier molecular flexibility index (Phi) is 6.76. The maximum atomic E-state index is 10.6. The van der Waals surface area contributed by atoms with Gasteiger partial charge in [-0.2, -0.15) is 0 Å². The van der Waals surface area contributed by atoms with Gasteiger partial charge in [-0.1, -0.05) is 6.92 Å². The highest BCUT2D eigenvalue weighted by molar-refractivity contribution is 5.72. The smallest absolute Gasteiger partial charge is 0.216 e. The summed E-state index contributed by atoms with van der Waals surface area (Å²) in [6.07, 6.45) is 2.35. The molecule has 0 heterocycles. The molecule has 0 aliphatic rings. The molecule has 12 heavy (non-hydrogen) atoms. The second-order valence-electron chi connectivity index (χ2n) is 3.29. The van der Waals surface area contributed by atoms with Gasteiger partial charge in [-0.15, -0.1) is 0 Å². The molecule has 0 unspecified atom stereocenters. The molecule has 3 heteroatoms. The van der Waals surface area contributed by atoms with Gasteiger partial charge in [0.2, 0.25) is 5.91 Å². The van der Waals surface area contributed by atoms with E-state index in [1.165, 1.54) is 12.8 Å². The summed E-state index contributed by atoms with van der Waals surface area (Å²) in [4.78, 5) is 10.6. The normalized spacial score (nSPS) is 12.6. The molecule has 0 aromatic heterocycles. The lowest BCUT2D eigenvalue weighted by molar-refractivity contribution is -0.119. The van der Waals surface area contributed by atoms with Crippen molar-refractivity contribution < 1.29 is 4.79 Å². The Labute approximate surface area is 74.9 Å². The summed E-state index contributed by atoms with van der Waals surface area (Å²) in [5.74, 6) is 0.651. The number of amides is 1. The van der Waals surface area contributed by atoms with Crippen LogP contribution in [0.25, 0.3) is 0 Å². The SMILES string of the molecule is CNCCC[C@@H](C)CNC(C)=O. The van der Waals surface area contributed by atoms with Gasteiger partial charge in [-0.05, 0) is 32.4 Å². The van der Waals surface area contributed by atoms with Crippen molar-refractivity contribution in [2.75, 3.05) is 20.1 Å². The van der Waals surface area contributed by atoms with Crippen LogP contribution in [-0.4, -0.2) is 26.0 Å². The maximum absolute atomic E-state index is 10.6. The van der Waals surface area contributed by atoms with E-state index >= 15 is 0 Å². The molecule has 0 radical (unpaired) electrons. The molecule has 2 N–H and O–H groups in total. The highest BCUT2D eigenvalue weighted by Gasteiger charge is 2.01. The lowest BCUT2D eigenvalue weighted by atomic mass is 10.1. The van der Waals surface area contributed by atoms with E-state index in [1.807, 2.05) is 7.05 Å². The quantitative estimate of drug-likeness (QED) is 0.581. The molecule has 0 aliphatic heterocycles. The largest absolute Gasteiger partial charge is 0.356 e. The Bertz CT molecular complexity index is 126. The van der Waals surface area contributed by atoms with Crippen LogP contribution in [0.4, 0.5) is 0 Å². The van der Waals surface area contributed by atoms with Crippen molar-refractivity contribution in [3.05, 3.63) is 0 Å². The van der Waals surface area contributed by atoms with Crippen LogP contribution in [0.1, 0.15) is 26.7 Å². The lowest BCUT2D eigenvalue weighted by Crippen LogP contribution is -2.26. The standard InChI is InChI=1S/C9H20N2O/c1-8(5-4-6-10-3)7-11-9(2)12/h8,10H,4-7H2,1-3H3,(H,11,12)/t8-/m1/s1. The molecule has 1 atom stereocenters. The van der Waals surface area contributed by atoms with Crippen LogP contribution in [0, 0.1) is 5.92 Å². The van der Waals surface area contributed by atoms with Crippen LogP contribution < -0.4 is 10.6 Å². The maximum Gasteiger partial charge on any atom is 0.216 e. The fourth-order valence-corrected chi connectivity index (χ4v) is 1.05. The highest BCUT2D eigenvalue weighted by atomic mass is 16.1. The van der Waals surface area contributed by atoms with E-state index < -0.39 is 0 Å². The molecule has 0 bridgehead atoms. The molecular formula is C9H20N2O. The van der Waals surface area contributed by atoms with Gasteiger partial charge in [-0.3, -0.25) is 4.79 Å². The fourth-order valence-electron chi connectivity index (χ4n) is 1.05. The Morgan fingerprint density at radius 3 is 2.67 bits per heavy atom. The summed E-state index contributed by atoms with van der Waals surface area (Å²) in [7, 11) is 1.96. The van der Waals surface area contributed by atoms with E-state index in [2.05, 4.69) is 17.6 Å². The second-order valence-corrected chi connectivity index (χ2v) is 3.29. The summed E-state index contributed by atoms with van der Waals surface area (Å²) in [5.41, 5.74) is 0. The van der Waals surface area contributed by atoms with E-state index in [4.69, 9.17) is 0 Å². The van der Waals surface area contributed by atoms with E-state index in [0.717, 1.165) is 13.1 Å². The topological polar surface area (TPSA) is 41.1 Å². The molecule has 0 saturated heterocycles. The molecule has 0 fully saturated rings. The molecular weight excluding hydrogens is 152 g/mol. The van der Waals surface area contributed by atoms with Crippen LogP contribution in [0.2, 0.25) is 0 Å². The monoisotopic (exact) mass is 172 g/mol. The summed E-state index contributed by atoms with van der Waals surface area (Å²) >= 11 is 0. The zero-order valence-corrected chi connectivity index (χ0v) is 8.31. The molecule has 72 valence electrons. The minimum absolute atomic E-state index is 0.0652. The third-order valence-corrected chi connectivity index (χ3v) is 1.82. The van der Waals surface area contributed by atoms with Gasteiger partial charge >= 0.3 is 0 Å². The zero-order valence-electron chi connectivity index (χ0n) is 8.31. The van der Waals surface area contributed by atoms with Crippen molar-refractivity contribution >= 4 is 5.91 Å². The van der Waals surface area contributed by atoms with Crippen molar-refractivity contribution in [2.45, 2.75) is 26.7 Å². The van der Waals surface area contributed by atoms with E-state index in [0.29, 0.717) is 5.92 Å². The van der Waals surface area contributed by atoms with Crippen molar-refractivity contribution in [2.24, 2.45) is 5.92 Å². The number of carbonyl (C=O) groups excluding carboxylic acids is 1. The Hall–Kier alpha value is -0.570. The summed E-state index contributed by atoms with van der Waals surface area (Å²) in [5, 5.41) is 5.91. The van der Waals surface area contributed by atoms with Crippen molar-refractivity contribution in [1.82, 2.24) is 10.6 Å². The summed E-state index contributed by atoms with van der Waals surface area (Å²) < 4.78 is 0. The first kappa shape index (κ1) is 11.4. The van der Waals surface area contributed by atoms with Gasteiger partial charge in [0, 0.05) is 13.5 Å². The number of hydrogen-bond acceptors (Lipinski definition) is 2. The first-order valence-corrected chi connectivity index (χ1v) is 4.56. The van der Waals surface area contributed by atoms with Gasteiger partial charge in [0.05, 0.1) is 0 Å². The predicted molar refractivity (Wildman–Crippen MR) is 51.0 cm³/mol. The van der Waals surface area contributed by atoms with Gasteiger partial charge in [0.25, 0.3) is 0 Å². The Balaban J connectivity index is 3.21. The molecule has 0 aliphatic carbocycles. The van der Waals surface area contributed by atoms with Crippen molar-refractivity contribution in [1.29, 1.82) is 0 Å². The van der Waals surface area contributed by atoms with Gasteiger partial charge in [-0.25, -0.2) is 0 Å². The average Bonchev–Trinajstić information content (AvgIpc) is 2.01. The fraction of sp³-hybridized carbons (Fsp3) is 0.889. The molecule has 0 rings (SSSR count). The van der Waals surface area contributed by atoms with Crippen LogP contribution in [0.15, 0.2) is 0 Å². The van der Waals surface area contributed by atoms with Gasteiger partial charge in [0.15, 0.2) is 0 Å². The van der Waals surface area contributed by atoms with Crippen LogP contribution >= 0.6 is 0 Å². The molecule has 0 aromatic carbocycles. The highest BCUT2D eigenvalue weighted by Crippen LogP contribution is 2.02. The number of rotatable bonds is 6. The minimum atomic E-state index is 0.0652. The van der Waals surface area contributed by atoms with Crippen molar-refractivity contribution in [3.8, 4) is 0 Å². The summed E-state index contributed by atoms with van der Waals surface area (Å²) in [6, 6.07) is 0. The average molecular weight is 172 g/mol. The second kappa shape index (κ2) is 7.10. The minimum Gasteiger partial charge on any atom is -0.356 e. The lowest BCUT2D eigenvalue weighted by Gasteiger charge is -2.10. The molecule has 0 saturated carbocycles. The molecule has 1 amide bonds. The predicted octanol–water partition coefficient (Wildman–Crippen LogP) is 0.758. The first-order chi connectivity index (χ1) is 5.66. The van der Waals surface area contributed by atoms with Crippen molar-refractivity contribution in [3.63, 3.8) is 0 Å². The Morgan fingerprint density at radius 1 is 1.50 bits per heavy atom. The van der Waals surface area contributed by atoms with Crippen LogP contribution in [-0.2, 0) is 4.79 Å². The van der Waals surface area contributed by atoms with Gasteiger partial charge in [0.1, 0.15) is 0 Å². The third kappa shape index (κ3) is 7.54. The number of carbonyl (C=O) groups is 1. The summed E-state index contributed by atoms with van der Waals surface area (Å²) in [6.45, 7) is 5.58. The first-order valence-electron chi connectivity index (χ1n) is 4.56. The molecule has 0 spiro atoms. The number of hydrogen-bond donors (Lipinski definition) is 2. The molecule has 0 aromatic rings.